The molecule has 0 N–H and O–H groups in total. The average molecular weight is 461 g/mol. The van der Waals surface area contributed by atoms with Gasteiger partial charge in [-0.2, -0.15) is 10.2 Å². The Morgan fingerprint density at radius 1 is 1.50 bits per heavy atom. The second-order valence-electron chi connectivity index (χ2n) is 6.43. The van der Waals surface area contributed by atoms with E-state index in [9.17, 15) is 10.1 Å². The number of aromatic nitrogens is 2. The summed E-state index contributed by atoms with van der Waals surface area (Å²) in [5.74, 6) is 0.457. The molecule has 1 saturated heterocycles. The van der Waals surface area contributed by atoms with E-state index < -0.39 is 0 Å². The van der Waals surface area contributed by atoms with Crippen molar-refractivity contribution in [2.24, 2.45) is 0 Å². The van der Waals surface area contributed by atoms with Crippen molar-refractivity contribution in [1.29, 1.82) is 5.26 Å². The minimum Gasteiger partial charge on any atom is -0.463 e. The fourth-order valence-corrected chi connectivity index (χ4v) is 4.31. The van der Waals surface area contributed by atoms with E-state index in [1.165, 1.54) is 6.08 Å². The summed E-state index contributed by atoms with van der Waals surface area (Å²) in [6, 6.07) is 5.65. The molecule has 1 aliphatic rings. The van der Waals surface area contributed by atoms with E-state index in [1.807, 2.05) is 17.0 Å². The van der Waals surface area contributed by atoms with Crippen LogP contribution in [-0.4, -0.2) is 46.5 Å². The first-order valence-electron chi connectivity index (χ1n) is 8.61. The normalized spacial score (nSPS) is 17.1. The third-order valence-electron chi connectivity index (χ3n) is 4.87. The average Bonchev–Trinajstić information content (AvgIpc) is 3.17. The second kappa shape index (κ2) is 7.41. The molecule has 0 unspecified atom stereocenters. The van der Waals surface area contributed by atoms with Gasteiger partial charge in [-0.1, -0.05) is 6.58 Å². The van der Waals surface area contributed by atoms with E-state index in [1.54, 1.807) is 11.2 Å². The summed E-state index contributed by atoms with van der Waals surface area (Å²) in [5.41, 5.74) is 1.32. The van der Waals surface area contributed by atoms with Crippen LogP contribution in [0, 0.1) is 11.3 Å². The van der Waals surface area contributed by atoms with Gasteiger partial charge >= 0.3 is 0 Å². The maximum atomic E-state index is 12.2. The van der Waals surface area contributed by atoms with Crippen LogP contribution in [0.5, 0.6) is 0 Å². The maximum absolute atomic E-state index is 12.2. The molecule has 4 rings (SSSR count). The molecule has 1 amide bonds. The molecule has 0 spiro atoms. The molecule has 0 radical (unpaired) electrons. The molecule has 1 atom stereocenters. The van der Waals surface area contributed by atoms with Crippen molar-refractivity contribution in [2.45, 2.75) is 12.5 Å². The molecule has 1 aliphatic heterocycles. The van der Waals surface area contributed by atoms with Gasteiger partial charge < -0.3 is 14.2 Å². The van der Waals surface area contributed by atoms with Gasteiger partial charge in [0, 0.05) is 29.5 Å². The van der Waals surface area contributed by atoms with Crippen molar-refractivity contribution >= 4 is 61.1 Å². The Hall–Kier alpha value is -2.63. The van der Waals surface area contributed by atoms with E-state index in [-0.39, 0.29) is 23.7 Å². The number of rotatable bonds is 3. The number of anilines is 1. The van der Waals surface area contributed by atoms with E-state index in [0.717, 1.165) is 15.2 Å². The standard InChI is InChI=1S/C19H15BrClN5O2/c1-2-15(27)26-7-6-25(10-11(26)3-5-22)18-16-14(23-19(21)24-18)9-13(20)12-4-8-28-17(12)16/h2,4,8-9,11H,1,3,6-7,10H2/t11-/m0/s1. The van der Waals surface area contributed by atoms with Crippen LogP contribution < -0.4 is 4.90 Å². The molecule has 142 valence electrons. The molecule has 0 aliphatic carbocycles. The van der Waals surface area contributed by atoms with Gasteiger partial charge in [0.15, 0.2) is 0 Å². The Labute approximate surface area is 174 Å². The number of amides is 1. The fourth-order valence-electron chi connectivity index (χ4n) is 3.61. The summed E-state index contributed by atoms with van der Waals surface area (Å²) in [6.45, 7) is 5.01. The quantitative estimate of drug-likeness (QED) is 0.435. The SMILES string of the molecule is C=CC(=O)N1CCN(c2nc(Cl)nc3cc(Br)c4ccoc4c23)C[C@@H]1CC#N. The van der Waals surface area contributed by atoms with E-state index >= 15 is 0 Å². The molecule has 1 aromatic carbocycles. The number of hydrogen-bond acceptors (Lipinski definition) is 6. The lowest BCUT2D eigenvalue weighted by Gasteiger charge is -2.41. The molecular weight excluding hydrogens is 446 g/mol. The number of carbonyl (C=O) groups is 1. The predicted molar refractivity (Wildman–Crippen MR) is 110 cm³/mol. The van der Waals surface area contributed by atoms with Crippen LogP contribution in [0.4, 0.5) is 5.82 Å². The van der Waals surface area contributed by atoms with E-state index in [0.29, 0.717) is 36.6 Å². The van der Waals surface area contributed by atoms with Crippen LogP contribution in [-0.2, 0) is 4.79 Å². The third kappa shape index (κ3) is 3.11. The lowest BCUT2D eigenvalue weighted by atomic mass is 10.1. The summed E-state index contributed by atoms with van der Waals surface area (Å²) in [6.07, 6.45) is 3.11. The smallest absolute Gasteiger partial charge is 0.246 e. The summed E-state index contributed by atoms with van der Waals surface area (Å²) in [4.78, 5) is 24.7. The minimum atomic E-state index is -0.268. The monoisotopic (exact) mass is 459 g/mol. The largest absolute Gasteiger partial charge is 0.463 e. The Morgan fingerprint density at radius 2 is 2.32 bits per heavy atom. The van der Waals surface area contributed by atoms with Gasteiger partial charge in [0.25, 0.3) is 0 Å². The topological polar surface area (TPSA) is 86.3 Å². The molecule has 3 aromatic rings. The van der Waals surface area contributed by atoms with Gasteiger partial charge in [0.05, 0.1) is 35.7 Å². The van der Waals surface area contributed by atoms with Crippen LogP contribution in [0.15, 0.2) is 39.9 Å². The molecule has 2 aromatic heterocycles. The van der Waals surface area contributed by atoms with E-state index in [4.69, 9.17) is 16.0 Å². The highest BCUT2D eigenvalue weighted by Crippen LogP contribution is 2.37. The number of carbonyl (C=O) groups excluding carboxylic acids is 1. The predicted octanol–water partition coefficient (Wildman–Crippen LogP) is 3.91. The van der Waals surface area contributed by atoms with Crippen LogP contribution >= 0.6 is 27.5 Å². The molecule has 3 heterocycles. The first-order valence-corrected chi connectivity index (χ1v) is 9.78. The molecule has 1 fully saturated rings. The van der Waals surface area contributed by atoms with Gasteiger partial charge in [-0.05, 0) is 45.7 Å². The Balaban J connectivity index is 1.83. The van der Waals surface area contributed by atoms with Gasteiger partial charge in [-0.15, -0.1) is 0 Å². The minimum absolute atomic E-state index is 0.127. The molecule has 0 bridgehead atoms. The lowest BCUT2D eigenvalue weighted by Crippen LogP contribution is -2.55. The number of piperazine rings is 1. The zero-order valence-corrected chi connectivity index (χ0v) is 17.1. The molecular formula is C19H15BrClN5O2. The van der Waals surface area contributed by atoms with Crippen LogP contribution in [0.2, 0.25) is 5.28 Å². The van der Waals surface area contributed by atoms with Crippen molar-refractivity contribution in [1.82, 2.24) is 14.9 Å². The van der Waals surface area contributed by atoms with Crippen molar-refractivity contribution in [2.75, 3.05) is 24.5 Å². The zero-order valence-electron chi connectivity index (χ0n) is 14.7. The molecule has 9 heteroatoms. The number of halogens is 2. The van der Waals surface area contributed by atoms with Crippen LogP contribution in [0.25, 0.3) is 21.9 Å². The number of furan rings is 1. The fraction of sp³-hybridized carbons (Fsp3) is 0.263. The highest BCUT2D eigenvalue weighted by Gasteiger charge is 2.31. The number of nitriles is 1. The first-order chi connectivity index (χ1) is 13.5. The van der Waals surface area contributed by atoms with Gasteiger partial charge in [-0.25, -0.2) is 4.98 Å². The Kier molecular flexibility index (Phi) is 4.96. The van der Waals surface area contributed by atoms with Crippen molar-refractivity contribution in [3.8, 4) is 6.07 Å². The summed E-state index contributed by atoms with van der Waals surface area (Å²) >= 11 is 9.73. The highest BCUT2D eigenvalue weighted by atomic mass is 79.9. The highest BCUT2D eigenvalue weighted by molar-refractivity contribution is 9.10. The van der Waals surface area contributed by atoms with Gasteiger partial charge in [0.2, 0.25) is 11.2 Å². The number of hydrogen-bond donors (Lipinski definition) is 0. The third-order valence-corrected chi connectivity index (χ3v) is 5.70. The summed E-state index contributed by atoms with van der Waals surface area (Å²) in [7, 11) is 0. The molecule has 28 heavy (non-hydrogen) atoms. The number of fused-ring (bicyclic) bond motifs is 3. The number of benzene rings is 1. The molecule has 7 nitrogen and oxygen atoms in total. The van der Waals surface area contributed by atoms with Crippen LogP contribution in [0.3, 0.4) is 0 Å². The molecule has 0 saturated carbocycles. The van der Waals surface area contributed by atoms with Gasteiger partial charge in [-0.3, -0.25) is 4.79 Å². The summed E-state index contributed by atoms with van der Waals surface area (Å²) in [5, 5.41) is 11.0. The Morgan fingerprint density at radius 3 is 3.07 bits per heavy atom. The zero-order chi connectivity index (χ0) is 19.8. The summed E-state index contributed by atoms with van der Waals surface area (Å²) < 4.78 is 6.58. The van der Waals surface area contributed by atoms with E-state index in [2.05, 4.69) is 38.5 Å². The van der Waals surface area contributed by atoms with Gasteiger partial charge in [0.1, 0.15) is 11.4 Å². The second-order valence-corrected chi connectivity index (χ2v) is 7.62. The van der Waals surface area contributed by atoms with Crippen molar-refractivity contribution in [3.63, 3.8) is 0 Å². The first kappa shape index (κ1) is 18.7. The lowest BCUT2D eigenvalue weighted by molar-refractivity contribution is -0.128. The van der Waals surface area contributed by atoms with Crippen molar-refractivity contribution < 1.29 is 9.21 Å². The number of nitrogens with zero attached hydrogens (tertiary/aromatic N) is 5. The Bertz CT molecular complexity index is 1140. The van der Waals surface area contributed by atoms with Crippen molar-refractivity contribution in [3.05, 3.63) is 40.8 Å². The maximum Gasteiger partial charge on any atom is 0.246 e. The van der Waals surface area contributed by atoms with Crippen LogP contribution in [0.1, 0.15) is 6.42 Å².